The fourth-order valence-electron chi connectivity index (χ4n) is 2.41. The largest absolute Gasteiger partial charge is 0.349 e. The van der Waals surface area contributed by atoms with Gasteiger partial charge < -0.3 is 11.1 Å². The summed E-state index contributed by atoms with van der Waals surface area (Å²) < 4.78 is 0. The van der Waals surface area contributed by atoms with Gasteiger partial charge in [0.2, 0.25) is 5.91 Å². The summed E-state index contributed by atoms with van der Waals surface area (Å²) in [5.41, 5.74) is 6.61. The van der Waals surface area contributed by atoms with E-state index in [1.807, 2.05) is 18.2 Å². The minimum absolute atomic E-state index is 0.0678. The first-order valence-corrected chi connectivity index (χ1v) is 6.70. The molecule has 19 heavy (non-hydrogen) atoms. The van der Waals surface area contributed by atoms with Gasteiger partial charge >= 0.3 is 0 Å². The van der Waals surface area contributed by atoms with Gasteiger partial charge in [0.15, 0.2) is 0 Å². The molecule has 0 spiro atoms. The Bertz CT molecular complexity index is 617. The van der Waals surface area contributed by atoms with E-state index < -0.39 is 0 Å². The highest BCUT2D eigenvalue weighted by Gasteiger charge is 2.42. The second-order valence-corrected chi connectivity index (χ2v) is 5.39. The van der Waals surface area contributed by atoms with Crippen molar-refractivity contribution in [3.63, 3.8) is 0 Å². The van der Waals surface area contributed by atoms with Crippen LogP contribution in [0.3, 0.4) is 0 Å². The van der Waals surface area contributed by atoms with E-state index in [2.05, 4.69) is 29.6 Å². The van der Waals surface area contributed by atoms with Crippen molar-refractivity contribution in [2.75, 3.05) is 6.54 Å². The van der Waals surface area contributed by atoms with Crippen LogP contribution >= 0.6 is 0 Å². The maximum absolute atomic E-state index is 12.0. The summed E-state index contributed by atoms with van der Waals surface area (Å²) in [5.74, 6) is 0.0678. The molecular formula is C16H18N2O. The smallest absolute Gasteiger partial charge is 0.224 e. The molecule has 0 atom stereocenters. The first-order valence-electron chi connectivity index (χ1n) is 6.70. The molecule has 0 saturated heterocycles. The van der Waals surface area contributed by atoms with E-state index in [1.54, 1.807) is 0 Å². The molecule has 2 aromatic carbocycles. The molecule has 0 unspecified atom stereocenters. The molecule has 1 aliphatic rings. The van der Waals surface area contributed by atoms with Crippen molar-refractivity contribution < 1.29 is 4.79 Å². The molecule has 1 aliphatic carbocycles. The summed E-state index contributed by atoms with van der Waals surface area (Å²) in [5, 5.41) is 5.42. The average Bonchev–Trinajstić information content (AvgIpc) is 3.19. The Morgan fingerprint density at radius 2 is 1.89 bits per heavy atom. The van der Waals surface area contributed by atoms with Gasteiger partial charge in [-0.3, -0.25) is 4.79 Å². The quantitative estimate of drug-likeness (QED) is 0.876. The predicted molar refractivity (Wildman–Crippen MR) is 76.8 cm³/mol. The van der Waals surface area contributed by atoms with E-state index in [1.165, 1.54) is 10.8 Å². The molecule has 1 fully saturated rings. The summed E-state index contributed by atoms with van der Waals surface area (Å²) in [6.07, 6.45) is 2.44. The summed E-state index contributed by atoms with van der Waals surface area (Å²) >= 11 is 0. The molecule has 0 radical (unpaired) electrons. The van der Waals surface area contributed by atoms with Crippen LogP contribution in [0.25, 0.3) is 10.8 Å². The third kappa shape index (κ3) is 2.61. The van der Waals surface area contributed by atoms with Crippen molar-refractivity contribution in [3.8, 4) is 0 Å². The van der Waals surface area contributed by atoms with E-state index in [4.69, 9.17) is 5.73 Å². The zero-order chi connectivity index (χ0) is 13.3. The van der Waals surface area contributed by atoms with Gasteiger partial charge in [0.25, 0.3) is 0 Å². The fourth-order valence-corrected chi connectivity index (χ4v) is 2.41. The van der Waals surface area contributed by atoms with Crippen molar-refractivity contribution in [2.45, 2.75) is 24.8 Å². The summed E-state index contributed by atoms with van der Waals surface area (Å²) in [7, 11) is 0. The van der Waals surface area contributed by atoms with Crippen molar-refractivity contribution in [2.24, 2.45) is 5.73 Å². The van der Waals surface area contributed by atoms with Gasteiger partial charge in [-0.1, -0.05) is 42.5 Å². The molecular weight excluding hydrogens is 236 g/mol. The zero-order valence-electron chi connectivity index (χ0n) is 10.9. The maximum atomic E-state index is 12.0. The van der Waals surface area contributed by atoms with Gasteiger partial charge in [-0.05, 0) is 29.2 Å². The number of amides is 1. The second-order valence-electron chi connectivity index (χ2n) is 5.39. The van der Waals surface area contributed by atoms with Crippen LogP contribution in [0, 0.1) is 0 Å². The lowest BCUT2D eigenvalue weighted by Crippen LogP contribution is -2.43. The van der Waals surface area contributed by atoms with E-state index in [9.17, 15) is 4.79 Å². The van der Waals surface area contributed by atoms with Gasteiger partial charge in [-0.15, -0.1) is 0 Å². The normalized spacial score (nSPS) is 16.3. The Morgan fingerprint density at radius 1 is 1.16 bits per heavy atom. The summed E-state index contributed by atoms with van der Waals surface area (Å²) in [6.45, 7) is 0.538. The lowest BCUT2D eigenvalue weighted by molar-refractivity contribution is -0.121. The van der Waals surface area contributed by atoms with Crippen LogP contribution in [0.4, 0.5) is 0 Å². The number of benzene rings is 2. The van der Waals surface area contributed by atoms with E-state index in [0.29, 0.717) is 13.0 Å². The highest BCUT2D eigenvalue weighted by molar-refractivity contribution is 5.85. The van der Waals surface area contributed by atoms with Crippen LogP contribution in [0.2, 0.25) is 0 Å². The number of hydrogen-bond acceptors (Lipinski definition) is 2. The van der Waals surface area contributed by atoms with E-state index in [0.717, 1.165) is 18.4 Å². The molecule has 0 bridgehead atoms. The highest BCUT2D eigenvalue weighted by Crippen LogP contribution is 2.33. The molecule has 1 saturated carbocycles. The number of hydrogen-bond donors (Lipinski definition) is 2. The summed E-state index contributed by atoms with van der Waals surface area (Å²) in [6, 6.07) is 14.3. The average molecular weight is 254 g/mol. The maximum Gasteiger partial charge on any atom is 0.224 e. The van der Waals surface area contributed by atoms with Crippen molar-refractivity contribution >= 4 is 16.7 Å². The minimum atomic E-state index is -0.103. The number of nitrogens with one attached hydrogen (secondary N) is 1. The van der Waals surface area contributed by atoms with Crippen LogP contribution in [-0.2, 0) is 11.2 Å². The van der Waals surface area contributed by atoms with E-state index in [-0.39, 0.29) is 11.4 Å². The van der Waals surface area contributed by atoms with Crippen LogP contribution in [0.5, 0.6) is 0 Å². The Hall–Kier alpha value is -1.87. The topological polar surface area (TPSA) is 55.1 Å². The summed E-state index contributed by atoms with van der Waals surface area (Å²) in [4.78, 5) is 12.0. The predicted octanol–water partition coefficient (Wildman–Crippen LogP) is 1.99. The Balaban J connectivity index is 1.72. The number of rotatable bonds is 4. The Kier molecular flexibility index (Phi) is 2.99. The number of fused-ring (bicyclic) bond motifs is 1. The molecule has 3 N–H and O–H groups in total. The molecule has 98 valence electrons. The van der Waals surface area contributed by atoms with Gasteiger partial charge in [0.1, 0.15) is 0 Å². The minimum Gasteiger partial charge on any atom is -0.349 e. The van der Waals surface area contributed by atoms with E-state index >= 15 is 0 Å². The van der Waals surface area contributed by atoms with Crippen molar-refractivity contribution in [3.05, 3.63) is 48.0 Å². The molecule has 0 heterocycles. The van der Waals surface area contributed by atoms with Crippen molar-refractivity contribution in [1.29, 1.82) is 0 Å². The molecule has 2 aromatic rings. The van der Waals surface area contributed by atoms with Crippen LogP contribution in [-0.4, -0.2) is 18.0 Å². The third-order valence-corrected chi connectivity index (χ3v) is 3.83. The highest BCUT2D eigenvalue weighted by atomic mass is 16.1. The fraction of sp³-hybridized carbons (Fsp3) is 0.312. The molecule has 0 aromatic heterocycles. The first kappa shape index (κ1) is 12.2. The lowest BCUT2D eigenvalue weighted by atomic mass is 10.0. The monoisotopic (exact) mass is 254 g/mol. The van der Waals surface area contributed by atoms with Gasteiger partial charge in [-0.2, -0.15) is 0 Å². The van der Waals surface area contributed by atoms with Gasteiger partial charge in [0, 0.05) is 6.54 Å². The zero-order valence-corrected chi connectivity index (χ0v) is 10.9. The second kappa shape index (κ2) is 4.67. The standard InChI is InChI=1S/C16H18N2O/c17-11-16(7-8-16)18-15(19)10-12-5-6-13-3-1-2-4-14(13)9-12/h1-6,9H,7-8,10-11,17H2,(H,18,19). The Morgan fingerprint density at radius 3 is 2.58 bits per heavy atom. The van der Waals surface area contributed by atoms with Crippen LogP contribution in [0.1, 0.15) is 18.4 Å². The molecule has 0 aliphatic heterocycles. The number of nitrogens with two attached hydrogens (primary N) is 1. The lowest BCUT2D eigenvalue weighted by Gasteiger charge is -2.14. The molecule has 3 rings (SSSR count). The molecule has 1 amide bonds. The Labute approximate surface area is 112 Å². The third-order valence-electron chi connectivity index (χ3n) is 3.83. The SMILES string of the molecule is NCC1(NC(=O)Cc2ccc3ccccc3c2)CC1. The van der Waals surface area contributed by atoms with Gasteiger partial charge in [0.05, 0.1) is 12.0 Å². The van der Waals surface area contributed by atoms with Crippen LogP contribution in [0.15, 0.2) is 42.5 Å². The van der Waals surface area contributed by atoms with Crippen molar-refractivity contribution in [1.82, 2.24) is 5.32 Å². The van der Waals surface area contributed by atoms with Gasteiger partial charge in [-0.25, -0.2) is 0 Å². The molecule has 3 nitrogen and oxygen atoms in total. The van der Waals surface area contributed by atoms with Crippen LogP contribution < -0.4 is 11.1 Å². The number of carbonyl (C=O) groups excluding carboxylic acids is 1. The number of carbonyl (C=O) groups is 1. The molecule has 3 heteroatoms. The first-order chi connectivity index (χ1) is 9.21.